The van der Waals surface area contributed by atoms with Crippen LogP contribution in [-0.4, -0.2) is 105 Å². The molecule has 0 aromatic rings. The molecule has 18 atom stereocenters. The van der Waals surface area contributed by atoms with Crippen molar-refractivity contribution in [2.24, 2.45) is 41.4 Å². The van der Waals surface area contributed by atoms with E-state index >= 15 is 0 Å². The zero-order valence-electron chi connectivity index (χ0n) is 37.7. The molecule has 0 aromatic carbocycles. The van der Waals surface area contributed by atoms with Crippen LogP contribution in [0.25, 0.3) is 0 Å². The highest BCUT2D eigenvalue weighted by Crippen LogP contribution is 2.54. The van der Waals surface area contributed by atoms with Gasteiger partial charge in [0.2, 0.25) is 0 Å². The van der Waals surface area contributed by atoms with Gasteiger partial charge in [-0.2, -0.15) is 0 Å². The molecular formula is C46H77NO12. The summed E-state index contributed by atoms with van der Waals surface area (Å²) in [5.74, 6) is -6.03. The van der Waals surface area contributed by atoms with Gasteiger partial charge in [-0.05, 0) is 96.0 Å². The van der Waals surface area contributed by atoms with Crippen molar-refractivity contribution in [2.45, 2.75) is 212 Å². The third-order valence-electron chi connectivity index (χ3n) is 15.2. The summed E-state index contributed by atoms with van der Waals surface area (Å²) in [6.07, 6.45) is 6.53. The van der Waals surface area contributed by atoms with Crippen molar-refractivity contribution < 1.29 is 58.1 Å². The average molecular weight is 836 g/mol. The summed E-state index contributed by atoms with van der Waals surface area (Å²) in [6.45, 7) is 21.8. The highest BCUT2D eigenvalue weighted by atomic mass is 16.8. The predicted octanol–water partition coefficient (Wildman–Crippen LogP) is 7.33. The lowest BCUT2D eigenvalue weighted by atomic mass is 9.72. The van der Waals surface area contributed by atoms with Crippen molar-refractivity contribution in [2.75, 3.05) is 6.61 Å². The second-order valence-electron chi connectivity index (χ2n) is 19.2. The highest BCUT2D eigenvalue weighted by Gasteiger charge is 2.63. The van der Waals surface area contributed by atoms with Crippen molar-refractivity contribution >= 4 is 17.8 Å². The number of carboxylic acid groups (broad SMARTS) is 1. The number of carbonyl (C=O) groups is 3. The summed E-state index contributed by atoms with van der Waals surface area (Å²) in [7, 11) is 0. The van der Waals surface area contributed by atoms with Crippen LogP contribution < -0.4 is 5.32 Å². The maximum atomic E-state index is 14.6. The number of hydrogen-bond acceptors (Lipinski definition) is 11. The summed E-state index contributed by atoms with van der Waals surface area (Å²) < 4.78 is 39.8. The van der Waals surface area contributed by atoms with Crippen LogP contribution in [-0.2, 0) is 38.0 Å². The summed E-state index contributed by atoms with van der Waals surface area (Å²) in [4.78, 5) is 39.7. The van der Waals surface area contributed by atoms with E-state index in [1.165, 1.54) is 0 Å². The van der Waals surface area contributed by atoms with E-state index in [0.29, 0.717) is 64.2 Å². The summed E-state index contributed by atoms with van der Waals surface area (Å²) in [5, 5.41) is 35.8. The van der Waals surface area contributed by atoms with Gasteiger partial charge in [-0.1, -0.05) is 68.4 Å². The first-order chi connectivity index (χ1) is 27.7. The number of aliphatic hydroxyl groups is 2. The fraction of sp³-hybridized carbons (Fsp3) is 0.891. The Bertz CT molecular complexity index is 1490. The number of carboxylic acids is 1. The van der Waals surface area contributed by atoms with Crippen LogP contribution >= 0.6 is 0 Å². The topological polar surface area (TPSA) is 179 Å². The Morgan fingerprint density at radius 1 is 0.898 bits per heavy atom. The first-order valence-electron chi connectivity index (χ1n) is 22.9. The van der Waals surface area contributed by atoms with Crippen LogP contribution in [0.4, 0.5) is 4.79 Å². The molecule has 0 saturated carbocycles. The highest BCUT2D eigenvalue weighted by molar-refractivity contribution is 5.84. The second kappa shape index (κ2) is 19.1. The molecular weight excluding hydrogens is 759 g/mol. The van der Waals surface area contributed by atoms with Gasteiger partial charge in [-0.15, -0.1) is 0 Å². The van der Waals surface area contributed by atoms with E-state index in [1.807, 2.05) is 60.6 Å². The lowest BCUT2D eigenvalue weighted by molar-refractivity contribution is -0.398. The molecule has 4 N–H and O–H groups in total. The van der Waals surface area contributed by atoms with Gasteiger partial charge >= 0.3 is 12.1 Å². The van der Waals surface area contributed by atoms with Gasteiger partial charge in [0.15, 0.2) is 11.6 Å². The molecule has 13 nitrogen and oxygen atoms in total. The first-order valence-corrected chi connectivity index (χ1v) is 22.9. The third kappa shape index (κ3) is 9.61. The molecule has 4 saturated heterocycles. The molecule has 5 heterocycles. The van der Waals surface area contributed by atoms with E-state index in [0.717, 1.165) is 6.42 Å². The van der Waals surface area contributed by atoms with Gasteiger partial charge in [-0.25, -0.2) is 4.79 Å². The molecule has 1 unspecified atom stereocenters. The number of rotatable bonds is 15. The molecule has 0 radical (unpaired) electrons. The van der Waals surface area contributed by atoms with Crippen molar-refractivity contribution in [1.82, 2.24) is 5.32 Å². The SMILES string of the molecule is CCCOC(=O)N[C@@H]1C=C[C@]2(O[C@H](C(CC)C(=O)[C@@H](C)[C@@H](O)[C@H](C)[C@@H]3O[C@@H]([C@@H](CC)C(=O)O)CC[C@@H]3C)[C@@H](C)C[C@H]2C)O[C@@]12CC[C@@](C)([C@H]1CC[C@](O)(CC)[C@H](C)O1)O2. The maximum Gasteiger partial charge on any atom is 0.407 e. The number of nitrogens with one attached hydrogen (secondary N) is 1. The van der Waals surface area contributed by atoms with E-state index in [1.54, 1.807) is 6.92 Å². The molecule has 338 valence electrons. The number of ketones is 1. The monoisotopic (exact) mass is 836 g/mol. The molecule has 0 aliphatic carbocycles. The molecule has 5 aliphatic rings. The van der Waals surface area contributed by atoms with Crippen LogP contribution in [0.5, 0.6) is 0 Å². The Balaban J connectivity index is 1.38. The quantitative estimate of drug-likeness (QED) is 0.121. The number of Topliss-reactive ketones (excluding diaryl/α,β-unsaturated/α-hetero) is 1. The molecule has 5 rings (SSSR count). The molecule has 1 amide bonds. The van der Waals surface area contributed by atoms with Crippen molar-refractivity contribution in [3.63, 3.8) is 0 Å². The normalized spacial score (nSPS) is 42.5. The average Bonchev–Trinajstić information content (AvgIpc) is 3.54. The lowest BCUT2D eigenvalue weighted by Gasteiger charge is -2.55. The number of alkyl carbamates (subject to hydrolysis) is 1. The zero-order chi connectivity index (χ0) is 43.7. The Morgan fingerprint density at radius 2 is 1.59 bits per heavy atom. The minimum Gasteiger partial charge on any atom is -0.481 e. The third-order valence-corrected chi connectivity index (χ3v) is 15.2. The van der Waals surface area contributed by atoms with E-state index in [4.69, 9.17) is 28.4 Å². The number of aliphatic hydroxyl groups excluding tert-OH is 1. The van der Waals surface area contributed by atoms with E-state index in [9.17, 15) is 29.7 Å². The number of hydrogen-bond donors (Lipinski definition) is 4. The zero-order valence-corrected chi connectivity index (χ0v) is 37.7. The Kier molecular flexibility index (Phi) is 15.5. The lowest BCUT2D eigenvalue weighted by Crippen LogP contribution is -2.65. The second-order valence-corrected chi connectivity index (χ2v) is 19.2. The first kappa shape index (κ1) is 47.9. The molecule has 4 fully saturated rings. The minimum absolute atomic E-state index is 0.0206. The number of amides is 1. The van der Waals surface area contributed by atoms with Crippen LogP contribution in [0.15, 0.2) is 12.2 Å². The van der Waals surface area contributed by atoms with Gasteiger partial charge in [0.25, 0.3) is 0 Å². The Labute approximate surface area is 353 Å². The van der Waals surface area contributed by atoms with Crippen molar-refractivity contribution in [1.29, 1.82) is 0 Å². The molecule has 13 heteroatoms. The van der Waals surface area contributed by atoms with E-state index in [-0.39, 0.29) is 36.2 Å². The summed E-state index contributed by atoms with van der Waals surface area (Å²) in [6, 6.07) is -0.714. The van der Waals surface area contributed by atoms with Gasteiger partial charge in [0.1, 0.15) is 11.8 Å². The van der Waals surface area contributed by atoms with Crippen molar-refractivity contribution in [3.8, 4) is 0 Å². The molecule has 0 bridgehead atoms. The molecule has 59 heavy (non-hydrogen) atoms. The molecule has 0 aromatic heterocycles. The minimum atomic E-state index is -1.35. The van der Waals surface area contributed by atoms with Gasteiger partial charge in [0, 0.05) is 30.1 Å². The van der Waals surface area contributed by atoms with Crippen LogP contribution in [0.2, 0.25) is 0 Å². The summed E-state index contributed by atoms with van der Waals surface area (Å²) in [5.41, 5.74) is -1.71. The van der Waals surface area contributed by atoms with Gasteiger partial charge < -0.3 is 49.1 Å². The van der Waals surface area contributed by atoms with E-state index < -0.39 is 95.1 Å². The smallest absolute Gasteiger partial charge is 0.407 e. The largest absolute Gasteiger partial charge is 0.481 e. The fourth-order valence-electron chi connectivity index (χ4n) is 11.0. The standard InChI is InChI=1S/C46H77NO12/c1-12-24-54-42(52)47-35-18-21-45(59-46(35)23-22-43(11,58-46)36-19-20-44(53,15-4)31(10)55-36)28(7)25-27(6)40(57-45)33(14-3)38(49)29(8)37(48)30(9)39-26(5)16-17-34(56-39)32(13-2)41(50)51/h18,21,26-37,39-40,48,53H,12-17,19-20,22-25H2,1-11H3,(H,47,52)(H,50,51)/t26-,27-,28+,29-,30-,31-,32+,33?,34+,35+,36+,37+,39+,40-,43-,44+,45-,46-/m0/s1. The van der Waals surface area contributed by atoms with Crippen LogP contribution in [0, 0.1) is 41.4 Å². The Hall–Kier alpha value is -2.13. The number of aliphatic carboxylic acids is 1. The van der Waals surface area contributed by atoms with Gasteiger partial charge in [-0.3, -0.25) is 9.59 Å². The number of carbonyl (C=O) groups excluding carboxylic acids is 2. The fourth-order valence-corrected chi connectivity index (χ4v) is 11.0. The molecule has 2 spiro atoms. The predicted molar refractivity (Wildman–Crippen MR) is 221 cm³/mol. The van der Waals surface area contributed by atoms with Gasteiger partial charge in [0.05, 0.1) is 60.4 Å². The summed E-state index contributed by atoms with van der Waals surface area (Å²) >= 11 is 0. The van der Waals surface area contributed by atoms with Crippen molar-refractivity contribution in [3.05, 3.63) is 12.2 Å². The Morgan fingerprint density at radius 3 is 2.20 bits per heavy atom. The van der Waals surface area contributed by atoms with E-state index in [2.05, 4.69) is 26.1 Å². The van der Waals surface area contributed by atoms with Crippen LogP contribution in [0.3, 0.4) is 0 Å². The molecule has 5 aliphatic heterocycles. The van der Waals surface area contributed by atoms with Crippen LogP contribution in [0.1, 0.15) is 147 Å². The maximum absolute atomic E-state index is 14.6. The number of ether oxygens (including phenoxy) is 6.